The maximum absolute atomic E-state index is 10.5. The molecular weight excluding hydrogens is 223 g/mol. The number of aromatic hydroxyl groups is 2. The maximum atomic E-state index is 10.5. The molecule has 1 rings (SSSR count). The summed E-state index contributed by atoms with van der Waals surface area (Å²) in [5.74, 6) is -0.948. The molecule has 0 unspecified atom stereocenters. The molecule has 0 heterocycles. The molecule has 5 nitrogen and oxygen atoms in total. The van der Waals surface area contributed by atoms with Gasteiger partial charge in [0.2, 0.25) is 0 Å². The van der Waals surface area contributed by atoms with Crippen molar-refractivity contribution >= 4 is 61.5 Å². The van der Waals surface area contributed by atoms with Crippen LogP contribution >= 0.6 is 0 Å². The number of benzene rings is 1. The van der Waals surface area contributed by atoms with E-state index in [4.69, 9.17) is 14.8 Å². The molecule has 13 heavy (non-hydrogen) atoms. The third kappa shape index (κ3) is 3.54. The average molecular weight is 230 g/mol. The summed E-state index contributed by atoms with van der Waals surface area (Å²) in [6.45, 7) is 0. The summed E-state index contributed by atoms with van der Waals surface area (Å²) >= 11 is 0. The minimum atomic E-state index is -4.47. The summed E-state index contributed by atoms with van der Waals surface area (Å²) in [6.07, 6.45) is 0. The molecule has 0 spiro atoms. The van der Waals surface area contributed by atoms with E-state index in [2.05, 4.69) is 0 Å². The Balaban J connectivity index is 0.00000144. The molecule has 3 N–H and O–H groups in total. The van der Waals surface area contributed by atoms with Crippen LogP contribution < -0.4 is 0 Å². The van der Waals surface area contributed by atoms with E-state index in [0.717, 1.165) is 18.2 Å². The zero-order chi connectivity index (χ0) is 9.35. The van der Waals surface area contributed by atoms with Gasteiger partial charge in [0.05, 0.1) is 0 Å². The van der Waals surface area contributed by atoms with Gasteiger partial charge in [0.25, 0.3) is 10.1 Å². The molecule has 1 aromatic rings. The quantitative estimate of drug-likeness (QED) is 0.349. The Morgan fingerprint density at radius 2 is 1.69 bits per heavy atom. The molecule has 1 aromatic carbocycles. The molecule has 0 bridgehead atoms. The first-order chi connectivity index (χ1) is 5.41. The Bertz CT molecular complexity index is 399. The fraction of sp³-hybridized carbons (Fsp3) is 0. The molecule has 0 radical (unpaired) electrons. The van der Waals surface area contributed by atoms with Gasteiger partial charge in [0.1, 0.15) is 16.4 Å². The van der Waals surface area contributed by atoms with Gasteiger partial charge in [-0.25, -0.2) is 0 Å². The summed E-state index contributed by atoms with van der Waals surface area (Å²) in [5, 5.41) is 17.7. The molecule has 0 atom stereocenters. The number of hydrogen-bond acceptors (Lipinski definition) is 4. The second kappa shape index (κ2) is 4.74. The third-order valence-corrected chi connectivity index (χ3v) is 2.10. The number of hydrogen-bond donors (Lipinski definition) is 3. The molecule has 0 fully saturated rings. The third-order valence-electron chi connectivity index (χ3n) is 1.22. The molecule has 0 aliphatic heterocycles. The molecule has 0 amide bonds. The fourth-order valence-corrected chi connectivity index (χ4v) is 1.31. The minimum absolute atomic E-state index is 0. The van der Waals surface area contributed by atoms with Gasteiger partial charge < -0.3 is 10.2 Å². The van der Waals surface area contributed by atoms with Crippen molar-refractivity contribution in [1.29, 1.82) is 0 Å². The van der Waals surface area contributed by atoms with Crippen LogP contribution in [-0.4, -0.2) is 74.6 Å². The summed E-state index contributed by atoms with van der Waals surface area (Å²) in [5.41, 5.74) is 0. The summed E-state index contributed by atoms with van der Waals surface area (Å²) < 4.78 is 29.5. The van der Waals surface area contributed by atoms with Crippen LogP contribution in [0.4, 0.5) is 0 Å². The van der Waals surface area contributed by atoms with Crippen LogP contribution in [0.2, 0.25) is 0 Å². The molecule has 0 saturated heterocycles. The fourth-order valence-electron chi connectivity index (χ4n) is 0.709. The van der Waals surface area contributed by atoms with Crippen LogP contribution in [-0.2, 0) is 10.1 Å². The van der Waals surface area contributed by atoms with Crippen LogP contribution in [0.3, 0.4) is 0 Å². The number of rotatable bonds is 1. The van der Waals surface area contributed by atoms with Gasteiger partial charge in [0, 0.05) is 6.07 Å². The molecule has 0 saturated carbocycles. The van der Waals surface area contributed by atoms with Crippen molar-refractivity contribution in [2.75, 3.05) is 0 Å². The standard InChI is InChI=1S/C6H6O5S.K.H/c7-4-1-2-5(8)6(3-4)12(9,10)11;;/h1-3,7-8H,(H,9,10,11);;. The average Bonchev–Trinajstić information content (AvgIpc) is 1.92. The first-order valence-corrected chi connectivity index (χ1v) is 4.35. The SMILES string of the molecule is O=S(=O)(O)c1cc(O)ccc1O.[KH]. The van der Waals surface area contributed by atoms with Gasteiger partial charge >= 0.3 is 51.4 Å². The van der Waals surface area contributed by atoms with E-state index in [9.17, 15) is 8.42 Å². The Morgan fingerprint density at radius 1 is 1.15 bits per heavy atom. The number of phenols is 2. The Kier molecular flexibility index (Phi) is 4.87. The van der Waals surface area contributed by atoms with Crippen molar-refractivity contribution in [3.8, 4) is 11.5 Å². The Labute approximate surface area is 118 Å². The molecule has 7 heteroatoms. The number of phenolic OH excluding ortho intramolecular Hbond substituents is 2. The van der Waals surface area contributed by atoms with Crippen molar-refractivity contribution in [3.63, 3.8) is 0 Å². The van der Waals surface area contributed by atoms with Crippen LogP contribution in [0, 0.1) is 0 Å². The second-order valence-electron chi connectivity index (χ2n) is 2.13. The second-order valence-corrected chi connectivity index (χ2v) is 3.52. The van der Waals surface area contributed by atoms with Crippen molar-refractivity contribution in [1.82, 2.24) is 0 Å². The zero-order valence-electron chi connectivity index (χ0n) is 5.80. The first-order valence-electron chi connectivity index (χ1n) is 2.91. The predicted molar refractivity (Wildman–Crippen MR) is 46.7 cm³/mol. The van der Waals surface area contributed by atoms with E-state index in [-0.39, 0.29) is 57.1 Å². The topological polar surface area (TPSA) is 94.8 Å². The van der Waals surface area contributed by atoms with Crippen molar-refractivity contribution < 1.29 is 23.2 Å². The Morgan fingerprint density at radius 3 is 2.08 bits per heavy atom. The molecular formula is C6H7KO5S. The van der Waals surface area contributed by atoms with Crippen molar-refractivity contribution in [3.05, 3.63) is 18.2 Å². The van der Waals surface area contributed by atoms with Crippen LogP contribution in [0.15, 0.2) is 23.1 Å². The molecule has 0 aromatic heterocycles. The van der Waals surface area contributed by atoms with Gasteiger partial charge in [0.15, 0.2) is 0 Å². The van der Waals surface area contributed by atoms with Gasteiger partial charge in [-0.1, -0.05) is 0 Å². The van der Waals surface area contributed by atoms with E-state index < -0.39 is 20.8 Å². The van der Waals surface area contributed by atoms with E-state index in [0.29, 0.717) is 0 Å². The zero-order valence-corrected chi connectivity index (χ0v) is 6.61. The summed E-state index contributed by atoms with van der Waals surface area (Å²) in [7, 11) is -4.47. The van der Waals surface area contributed by atoms with E-state index in [1.165, 1.54) is 0 Å². The molecule has 0 aliphatic carbocycles. The Hall–Kier alpha value is 0.366. The van der Waals surface area contributed by atoms with Crippen molar-refractivity contribution in [2.24, 2.45) is 0 Å². The first kappa shape index (κ1) is 13.4. The van der Waals surface area contributed by atoms with Gasteiger partial charge in [-0.2, -0.15) is 8.42 Å². The van der Waals surface area contributed by atoms with Crippen molar-refractivity contribution in [2.45, 2.75) is 4.90 Å². The monoisotopic (exact) mass is 230 g/mol. The van der Waals surface area contributed by atoms with Crippen LogP contribution in [0.5, 0.6) is 11.5 Å². The molecule has 0 aliphatic rings. The van der Waals surface area contributed by atoms with Gasteiger partial charge in [-0.05, 0) is 12.1 Å². The summed E-state index contributed by atoms with van der Waals surface area (Å²) in [4.78, 5) is -0.706. The van der Waals surface area contributed by atoms with Gasteiger partial charge in [-0.15, -0.1) is 0 Å². The summed E-state index contributed by atoms with van der Waals surface area (Å²) in [6, 6.07) is 2.83. The van der Waals surface area contributed by atoms with Crippen LogP contribution in [0.1, 0.15) is 0 Å². The predicted octanol–water partition coefficient (Wildman–Crippen LogP) is -0.304. The van der Waals surface area contributed by atoms with E-state index >= 15 is 0 Å². The van der Waals surface area contributed by atoms with Gasteiger partial charge in [-0.3, -0.25) is 4.55 Å². The van der Waals surface area contributed by atoms with E-state index in [1.807, 2.05) is 0 Å². The van der Waals surface area contributed by atoms with E-state index in [1.54, 1.807) is 0 Å². The normalized spacial score (nSPS) is 10.5. The molecule has 68 valence electrons. The van der Waals surface area contributed by atoms with Crippen LogP contribution in [0.25, 0.3) is 0 Å².